The van der Waals surface area contributed by atoms with Crippen molar-refractivity contribution in [2.24, 2.45) is 0 Å². The van der Waals surface area contributed by atoms with Gasteiger partial charge in [0, 0.05) is 42.9 Å². The Hall–Kier alpha value is -2.57. The number of hydrogen-bond donors (Lipinski definition) is 1. The molecule has 0 aromatic carbocycles. The van der Waals surface area contributed by atoms with Gasteiger partial charge in [0.25, 0.3) is 0 Å². The molecule has 0 saturated carbocycles. The summed E-state index contributed by atoms with van der Waals surface area (Å²) < 4.78 is 1.92. The van der Waals surface area contributed by atoms with Gasteiger partial charge < -0.3 is 9.80 Å². The van der Waals surface area contributed by atoms with E-state index in [-0.39, 0.29) is 23.0 Å². The molecular formula is C23H36N6O. The van der Waals surface area contributed by atoms with Crippen LogP contribution in [0.1, 0.15) is 59.9 Å². The highest BCUT2D eigenvalue weighted by Crippen LogP contribution is 2.28. The van der Waals surface area contributed by atoms with E-state index in [2.05, 4.69) is 63.7 Å². The summed E-state index contributed by atoms with van der Waals surface area (Å²) in [7, 11) is 0. The molecule has 7 nitrogen and oxygen atoms in total. The number of carbonyl (C=O) groups excluding carboxylic acids is 1. The lowest BCUT2D eigenvalue weighted by Gasteiger charge is -2.40. The van der Waals surface area contributed by atoms with Crippen molar-refractivity contribution in [3.8, 4) is 0 Å². The summed E-state index contributed by atoms with van der Waals surface area (Å²) in [6.07, 6.45) is 0. The van der Waals surface area contributed by atoms with Crippen LogP contribution in [0.15, 0.2) is 24.3 Å². The van der Waals surface area contributed by atoms with Crippen molar-refractivity contribution < 1.29 is 4.79 Å². The fourth-order valence-corrected chi connectivity index (χ4v) is 3.70. The van der Waals surface area contributed by atoms with Crippen LogP contribution in [0.5, 0.6) is 0 Å². The second-order valence-electron chi connectivity index (χ2n) is 10.3. The van der Waals surface area contributed by atoms with E-state index in [1.165, 1.54) is 0 Å². The molecule has 1 N–H and O–H groups in total. The standard InChI is InChI=1S/C23H36N6O/c1-16-10-9-11-19(24-16)27-12-13-28(17(2)15-27)21(30)25-20-14-18(22(3,4)5)26-29(20)23(6,7)8/h9-11,14,17H,12-13,15H2,1-8H3,(H,25,30)/t17-/m0/s1. The maximum atomic E-state index is 13.2. The van der Waals surface area contributed by atoms with Crippen LogP contribution >= 0.6 is 0 Å². The van der Waals surface area contributed by atoms with Crippen LogP contribution in [0.3, 0.4) is 0 Å². The topological polar surface area (TPSA) is 66.3 Å². The number of amides is 2. The SMILES string of the molecule is Cc1cccc(N2CCN(C(=O)Nc3cc(C(C)(C)C)nn3C(C)(C)C)[C@@H](C)C2)n1. The van der Waals surface area contributed by atoms with E-state index in [0.717, 1.165) is 36.1 Å². The molecule has 3 heterocycles. The molecule has 30 heavy (non-hydrogen) atoms. The normalized spacial score (nSPS) is 17.9. The molecular weight excluding hydrogens is 376 g/mol. The summed E-state index contributed by atoms with van der Waals surface area (Å²) in [4.78, 5) is 21.9. The van der Waals surface area contributed by atoms with Crippen molar-refractivity contribution in [2.75, 3.05) is 29.9 Å². The number of anilines is 2. The number of nitrogens with zero attached hydrogens (tertiary/aromatic N) is 5. The lowest BCUT2D eigenvalue weighted by molar-refractivity contribution is 0.184. The minimum atomic E-state index is -0.229. The number of hydrogen-bond acceptors (Lipinski definition) is 4. The highest BCUT2D eigenvalue weighted by atomic mass is 16.2. The molecule has 164 valence electrons. The fourth-order valence-electron chi connectivity index (χ4n) is 3.70. The summed E-state index contributed by atoms with van der Waals surface area (Å²) >= 11 is 0. The van der Waals surface area contributed by atoms with E-state index in [1.54, 1.807) is 0 Å². The molecule has 0 radical (unpaired) electrons. The first kappa shape index (κ1) is 22.1. The van der Waals surface area contributed by atoms with E-state index in [4.69, 9.17) is 5.10 Å². The van der Waals surface area contributed by atoms with Gasteiger partial charge in [-0.2, -0.15) is 5.10 Å². The number of piperazine rings is 1. The second kappa shape index (κ2) is 7.93. The van der Waals surface area contributed by atoms with Crippen LogP contribution in [0.2, 0.25) is 0 Å². The summed E-state index contributed by atoms with van der Waals surface area (Å²) in [5.74, 6) is 1.72. The maximum Gasteiger partial charge on any atom is 0.323 e. The number of nitrogens with one attached hydrogen (secondary N) is 1. The molecule has 1 aliphatic rings. The quantitative estimate of drug-likeness (QED) is 0.795. The first-order valence-corrected chi connectivity index (χ1v) is 10.7. The summed E-state index contributed by atoms with van der Waals surface area (Å²) in [5.41, 5.74) is 1.66. The third kappa shape index (κ3) is 4.77. The van der Waals surface area contributed by atoms with Gasteiger partial charge in [0.15, 0.2) is 0 Å². The minimum absolute atomic E-state index is 0.0779. The van der Waals surface area contributed by atoms with E-state index < -0.39 is 0 Å². The summed E-state index contributed by atoms with van der Waals surface area (Å²) in [6.45, 7) is 18.9. The van der Waals surface area contributed by atoms with Gasteiger partial charge in [0.2, 0.25) is 0 Å². The third-order valence-electron chi connectivity index (χ3n) is 5.43. The molecule has 2 aromatic rings. The third-order valence-corrected chi connectivity index (χ3v) is 5.43. The zero-order valence-electron chi connectivity index (χ0n) is 19.7. The lowest BCUT2D eigenvalue weighted by atomic mass is 9.92. The molecule has 0 unspecified atom stereocenters. The first-order valence-electron chi connectivity index (χ1n) is 10.7. The highest BCUT2D eigenvalue weighted by Gasteiger charge is 2.31. The van der Waals surface area contributed by atoms with Crippen LogP contribution < -0.4 is 10.2 Å². The first-order chi connectivity index (χ1) is 13.9. The Labute approximate surface area is 180 Å². The average molecular weight is 413 g/mol. The van der Waals surface area contributed by atoms with Gasteiger partial charge >= 0.3 is 6.03 Å². The van der Waals surface area contributed by atoms with Gasteiger partial charge in [-0.3, -0.25) is 5.32 Å². The molecule has 0 spiro atoms. The van der Waals surface area contributed by atoms with Crippen LogP contribution in [0.4, 0.5) is 16.4 Å². The molecule has 3 rings (SSSR count). The van der Waals surface area contributed by atoms with E-state index in [0.29, 0.717) is 6.54 Å². The van der Waals surface area contributed by atoms with Crippen LogP contribution in [0.25, 0.3) is 0 Å². The number of aromatic nitrogens is 3. The van der Waals surface area contributed by atoms with Crippen LogP contribution in [-0.2, 0) is 11.0 Å². The van der Waals surface area contributed by atoms with Gasteiger partial charge in [-0.15, -0.1) is 0 Å². The number of aryl methyl sites for hydroxylation is 1. The van der Waals surface area contributed by atoms with Gasteiger partial charge in [-0.1, -0.05) is 26.8 Å². The van der Waals surface area contributed by atoms with Gasteiger partial charge in [-0.05, 0) is 46.8 Å². The Bertz CT molecular complexity index is 905. The largest absolute Gasteiger partial charge is 0.353 e. The molecule has 1 atom stereocenters. The number of urea groups is 1. The van der Waals surface area contributed by atoms with Gasteiger partial charge in [-0.25, -0.2) is 14.5 Å². The Morgan fingerprint density at radius 2 is 1.83 bits per heavy atom. The number of pyridine rings is 1. The van der Waals surface area contributed by atoms with Crippen molar-refractivity contribution in [3.63, 3.8) is 0 Å². The zero-order valence-corrected chi connectivity index (χ0v) is 19.7. The van der Waals surface area contributed by atoms with Crippen molar-refractivity contribution in [1.29, 1.82) is 0 Å². The van der Waals surface area contributed by atoms with Gasteiger partial charge in [0.05, 0.1) is 11.2 Å². The molecule has 2 aromatic heterocycles. The maximum absolute atomic E-state index is 13.2. The molecule has 1 saturated heterocycles. The smallest absolute Gasteiger partial charge is 0.323 e. The van der Waals surface area contributed by atoms with E-state index in [9.17, 15) is 4.79 Å². The Kier molecular flexibility index (Phi) is 5.85. The number of rotatable bonds is 2. The van der Waals surface area contributed by atoms with E-state index in [1.807, 2.05) is 40.8 Å². The lowest BCUT2D eigenvalue weighted by Crippen LogP contribution is -2.55. The number of carbonyl (C=O) groups is 1. The second-order valence-corrected chi connectivity index (χ2v) is 10.3. The molecule has 0 bridgehead atoms. The van der Waals surface area contributed by atoms with Crippen molar-refractivity contribution in [3.05, 3.63) is 35.7 Å². The summed E-state index contributed by atoms with van der Waals surface area (Å²) in [6, 6.07) is 8.06. The molecule has 0 aliphatic carbocycles. The predicted octanol–water partition coefficient (Wildman–Crippen LogP) is 4.38. The summed E-state index contributed by atoms with van der Waals surface area (Å²) in [5, 5.41) is 7.92. The van der Waals surface area contributed by atoms with Crippen molar-refractivity contribution >= 4 is 17.7 Å². The van der Waals surface area contributed by atoms with Crippen LogP contribution in [0, 0.1) is 6.92 Å². The monoisotopic (exact) mass is 412 g/mol. The van der Waals surface area contributed by atoms with Crippen LogP contribution in [-0.4, -0.2) is 51.4 Å². The minimum Gasteiger partial charge on any atom is -0.353 e. The average Bonchev–Trinajstić information content (AvgIpc) is 3.06. The Morgan fingerprint density at radius 3 is 2.40 bits per heavy atom. The van der Waals surface area contributed by atoms with Gasteiger partial charge in [0.1, 0.15) is 11.6 Å². The van der Waals surface area contributed by atoms with Crippen molar-refractivity contribution in [1.82, 2.24) is 19.7 Å². The zero-order chi connectivity index (χ0) is 22.3. The molecule has 7 heteroatoms. The van der Waals surface area contributed by atoms with Crippen molar-refractivity contribution in [2.45, 2.75) is 72.4 Å². The molecule has 2 amide bonds. The predicted molar refractivity (Wildman–Crippen MR) is 122 cm³/mol. The molecule has 1 aliphatic heterocycles. The Balaban J connectivity index is 1.75. The van der Waals surface area contributed by atoms with E-state index >= 15 is 0 Å². The Morgan fingerprint density at radius 1 is 1.13 bits per heavy atom. The fraction of sp³-hybridized carbons (Fsp3) is 0.609. The molecule has 1 fully saturated rings. The highest BCUT2D eigenvalue weighted by molar-refractivity contribution is 5.89.